The summed E-state index contributed by atoms with van der Waals surface area (Å²) in [5.41, 5.74) is 1.48. The van der Waals surface area contributed by atoms with Crippen LogP contribution < -0.4 is 0 Å². The molecule has 0 aromatic heterocycles. The topological polar surface area (TPSA) is 26.3 Å². The highest BCUT2D eigenvalue weighted by Gasteiger charge is 2.16. The van der Waals surface area contributed by atoms with E-state index in [9.17, 15) is 4.79 Å². The van der Waals surface area contributed by atoms with Crippen LogP contribution in [0.25, 0.3) is 0 Å². The molecule has 0 fully saturated rings. The summed E-state index contributed by atoms with van der Waals surface area (Å²) in [6.45, 7) is 2.17. The standard InChI is InChI=1S/C10H9Br3O2/c1-2-15-10(14)9-6(5-11)3-7(12)4-8(9)13/h3-4H,2,5H2,1H3. The van der Waals surface area contributed by atoms with Crippen molar-refractivity contribution >= 4 is 53.8 Å². The molecule has 0 amide bonds. The van der Waals surface area contributed by atoms with Crippen molar-refractivity contribution in [3.8, 4) is 0 Å². The van der Waals surface area contributed by atoms with Gasteiger partial charge < -0.3 is 4.74 Å². The monoisotopic (exact) mass is 398 g/mol. The number of rotatable bonds is 3. The van der Waals surface area contributed by atoms with Crippen molar-refractivity contribution in [2.75, 3.05) is 6.61 Å². The number of carbonyl (C=O) groups is 1. The molecule has 0 N–H and O–H groups in total. The number of benzene rings is 1. The molecule has 5 heteroatoms. The van der Waals surface area contributed by atoms with E-state index < -0.39 is 0 Å². The highest BCUT2D eigenvalue weighted by Crippen LogP contribution is 2.28. The second-order valence-electron chi connectivity index (χ2n) is 2.78. The van der Waals surface area contributed by atoms with Gasteiger partial charge in [0.1, 0.15) is 0 Å². The van der Waals surface area contributed by atoms with Crippen LogP contribution in [0.3, 0.4) is 0 Å². The molecule has 15 heavy (non-hydrogen) atoms. The number of hydrogen-bond acceptors (Lipinski definition) is 2. The zero-order valence-corrected chi connectivity index (χ0v) is 12.8. The summed E-state index contributed by atoms with van der Waals surface area (Å²) in [7, 11) is 0. The molecule has 0 aliphatic carbocycles. The first-order valence-electron chi connectivity index (χ1n) is 4.31. The number of hydrogen-bond donors (Lipinski definition) is 0. The van der Waals surface area contributed by atoms with E-state index >= 15 is 0 Å². The molecule has 2 nitrogen and oxygen atoms in total. The Kier molecular flexibility index (Phi) is 5.29. The molecule has 0 radical (unpaired) electrons. The van der Waals surface area contributed by atoms with Crippen LogP contribution in [0.15, 0.2) is 21.1 Å². The van der Waals surface area contributed by atoms with Gasteiger partial charge in [0.25, 0.3) is 0 Å². The fourth-order valence-corrected chi connectivity index (χ4v) is 3.08. The Balaban J connectivity index is 3.20. The Hall–Kier alpha value is 0.130. The molecule has 0 atom stereocenters. The van der Waals surface area contributed by atoms with Gasteiger partial charge in [0.05, 0.1) is 12.2 Å². The second kappa shape index (κ2) is 6.01. The fraction of sp³-hybridized carbons (Fsp3) is 0.300. The molecular weight excluding hydrogens is 392 g/mol. The first-order valence-corrected chi connectivity index (χ1v) is 7.01. The summed E-state index contributed by atoms with van der Waals surface area (Å²) in [6.07, 6.45) is 0. The highest BCUT2D eigenvalue weighted by atomic mass is 79.9. The molecule has 0 aliphatic rings. The number of carbonyl (C=O) groups excluding carboxylic acids is 1. The minimum absolute atomic E-state index is 0.300. The molecule has 1 aromatic rings. The molecule has 0 heterocycles. The third-order valence-corrected chi connectivity index (χ3v) is 3.45. The van der Waals surface area contributed by atoms with Crippen molar-refractivity contribution in [3.63, 3.8) is 0 Å². The maximum atomic E-state index is 11.7. The van der Waals surface area contributed by atoms with Gasteiger partial charge in [-0.2, -0.15) is 0 Å². The maximum absolute atomic E-state index is 11.7. The molecule has 82 valence electrons. The third kappa shape index (κ3) is 3.29. The maximum Gasteiger partial charge on any atom is 0.339 e. The quantitative estimate of drug-likeness (QED) is 0.559. The lowest BCUT2D eigenvalue weighted by Crippen LogP contribution is -2.08. The molecule has 0 saturated heterocycles. The normalized spacial score (nSPS) is 10.1. The Bertz CT molecular complexity index is 377. The molecule has 0 saturated carbocycles. The van der Waals surface area contributed by atoms with Crippen LogP contribution in [0.5, 0.6) is 0 Å². The zero-order chi connectivity index (χ0) is 11.4. The lowest BCUT2D eigenvalue weighted by atomic mass is 10.1. The smallest absolute Gasteiger partial charge is 0.339 e. The van der Waals surface area contributed by atoms with Crippen molar-refractivity contribution in [2.24, 2.45) is 0 Å². The summed E-state index contributed by atoms with van der Waals surface area (Å²) in [6, 6.07) is 3.73. The Labute approximate surface area is 114 Å². The van der Waals surface area contributed by atoms with Gasteiger partial charge >= 0.3 is 5.97 Å². The fourth-order valence-electron chi connectivity index (χ4n) is 1.16. The van der Waals surface area contributed by atoms with Crippen LogP contribution in [-0.2, 0) is 10.1 Å². The van der Waals surface area contributed by atoms with E-state index in [2.05, 4.69) is 47.8 Å². The van der Waals surface area contributed by atoms with Crippen molar-refractivity contribution in [3.05, 3.63) is 32.2 Å². The van der Waals surface area contributed by atoms with Crippen LogP contribution in [-0.4, -0.2) is 12.6 Å². The zero-order valence-electron chi connectivity index (χ0n) is 8.02. The van der Waals surface area contributed by atoms with Crippen molar-refractivity contribution < 1.29 is 9.53 Å². The van der Waals surface area contributed by atoms with E-state index in [1.54, 1.807) is 6.92 Å². The third-order valence-electron chi connectivity index (χ3n) is 1.76. The van der Waals surface area contributed by atoms with Crippen LogP contribution in [0.2, 0.25) is 0 Å². The summed E-state index contributed by atoms with van der Waals surface area (Å²) in [5.74, 6) is -0.300. The molecule has 1 rings (SSSR count). The number of ether oxygens (including phenoxy) is 1. The van der Waals surface area contributed by atoms with Crippen LogP contribution >= 0.6 is 47.8 Å². The predicted molar refractivity (Wildman–Crippen MR) is 70.4 cm³/mol. The summed E-state index contributed by atoms with van der Waals surface area (Å²) >= 11 is 10.1. The van der Waals surface area contributed by atoms with E-state index in [0.717, 1.165) is 14.5 Å². The van der Waals surface area contributed by atoms with Crippen molar-refractivity contribution in [1.82, 2.24) is 0 Å². The Morgan fingerprint density at radius 2 is 2.07 bits per heavy atom. The lowest BCUT2D eigenvalue weighted by Gasteiger charge is -2.09. The SMILES string of the molecule is CCOC(=O)c1c(Br)cc(Br)cc1CBr. The van der Waals surface area contributed by atoms with E-state index in [1.807, 2.05) is 12.1 Å². The average molecular weight is 401 g/mol. The van der Waals surface area contributed by atoms with Crippen LogP contribution in [0, 0.1) is 0 Å². The first kappa shape index (κ1) is 13.2. The van der Waals surface area contributed by atoms with Gasteiger partial charge in [0.15, 0.2) is 0 Å². The van der Waals surface area contributed by atoms with E-state index in [1.165, 1.54) is 0 Å². The second-order valence-corrected chi connectivity index (χ2v) is 5.11. The van der Waals surface area contributed by atoms with Crippen LogP contribution in [0.1, 0.15) is 22.8 Å². The number of alkyl halides is 1. The summed E-state index contributed by atoms with van der Waals surface area (Å²) in [5, 5.41) is 0.610. The van der Waals surface area contributed by atoms with Gasteiger partial charge in [0.2, 0.25) is 0 Å². The number of esters is 1. The Morgan fingerprint density at radius 3 is 2.60 bits per heavy atom. The van der Waals surface area contributed by atoms with Gasteiger partial charge in [-0.3, -0.25) is 0 Å². The minimum atomic E-state index is -0.300. The largest absolute Gasteiger partial charge is 0.462 e. The molecule has 0 aliphatic heterocycles. The van der Waals surface area contributed by atoms with Gasteiger partial charge in [-0.1, -0.05) is 31.9 Å². The van der Waals surface area contributed by atoms with Gasteiger partial charge in [0, 0.05) is 14.3 Å². The molecular formula is C10H9Br3O2. The summed E-state index contributed by atoms with van der Waals surface area (Å²) in [4.78, 5) is 11.7. The summed E-state index contributed by atoms with van der Waals surface area (Å²) < 4.78 is 6.65. The Morgan fingerprint density at radius 1 is 1.40 bits per heavy atom. The molecule has 1 aromatic carbocycles. The van der Waals surface area contributed by atoms with Gasteiger partial charge in [-0.25, -0.2) is 4.79 Å². The van der Waals surface area contributed by atoms with E-state index in [0.29, 0.717) is 17.5 Å². The van der Waals surface area contributed by atoms with Crippen LogP contribution in [0.4, 0.5) is 0 Å². The lowest BCUT2D eigenvalue weighted by molar-refractivity contribution is 0.0524. The highest BCUT2D eigenvalue weighted by molar-refractivity contribution is 9.11. The van der Waals surface area contributed by atoms with Crippen molar-refractivity contribution in [1.29, 1.82) is 0 Å². The van der Waals surface area contributed by atoms with Gasteiger partial charge in [-0.15, -0.1) is 0 Å². The van der Waals surface area contributed by atoms with Gasteiger partial charge in [-0.05, 0) is 40.5 Å². The average Bonchev–Trinajstić information content (AvgIpc) is 2.16. The first-order chi connectivity index (χ1) is 7.10. The molecule has 0 bridgehead atoms. The van der Waals surface area contributed by atoms with E-state index in [4.69, 9.17) is 4.74 Å². The molecule has 0 unspecified atom stereocenters. The predicted octanol–water partition coefficient (Wildman–Crippen LogP) is 4.28. The number of halogens is 3. The van der Waals surface area contributed by atoms with Crippen molar-refractivity contribution in [2.45, 2.75) is 12.3 Å². The van der Waals surface area contributed by atoms with E-state index in [-0.39, 0.29) is 5.97 Å². The minimum Gasteiger partial charge on any atom is -0.462 e. The molecule has 0 spiro atoms.